The largest absolute Gasteiger partial charge is 0.263 e. The summed E-state index contributed by atoms with van der Waals surface area (Å²) in [5.74, 6) is 0.953. The zero-order valence-corrected chi connectivity index (χ0v) is 8.80. The van der Waals surface area contributed by atoms with E-state index in [0.29, 0.717) is 11.8 Å². The summed E-state index contributed by atoms with van der Waals surface area (Å²) < 4.78 is 24.5. The highest BCUT2D eigenvalue weighted by atomic mass is 19.3. The summed E-state index contributed by atoms with van der Waals surface area (Å²) >= 11 is 0. The smallest absolute Gasteiger partial charge is 0.205 e. The number of rotatable bonds is 3. The van der Waals surface area contributed by atoms with Crippen molar-refractivity contribution in [1.82, 2.24) is 0 Å². The summed E-state index contributed by atoms with van der Waals surface area (Å²) in [7, 11) is 0. The van der Waals surface area contributed by atoms with Gasteiger partial charge in [-0.25, -0.2) is 8.78 Å². The van der Waals surface area contributed by atoms with Crippen molar-refractivity contribution < 1.29 is 8.78 Å². The Morgan fingerprint density at radius 2 is 1.29 bits per heavy atom. The molecule has 0 N–H and O–H groups in total. The van der Waals surface area contributed by atoms with E-state index in [-0.39, 0.29) is 5.56 Å². The third-order valence-corrected chi connectivity index (χ3v) is 2.71. The van der Waals surface area contributed by atoms with Crippen LogP contribution >= 0.6 is 0 Å². The normalized spacial score (nSPS) is 13.6. The van der Waals surface area contributed by atoms with Crippen LogP contribution in [0.4, 0.5) is 8.78 Å². The van der Waals surface area contributed by atoms with E-state index in [0.717, 1.165) is 5.56 Å². The van der Waals surface area contributed by atoms with Crippen molar-refractivity contribution in [3.05, 3.63) is 35.4 Å². The van der Waals surface area contributed by atoms with E-state index in [1.54, 1.807) is 12.1 Å². The first-order chi connectivity index (χ1) is 6.52. The second kappa shape index (κ2) is 4.54. The van der Waals surface area contributed by atoms with Gasteiger partial charge >= 0.3 is 0 Å². The second-order valence-corrected chi connectivity index (χ2v) is 4.00. The fourth-order valence-corrected chi connectivity index (χ4v) is 1.33. The summed E-state index contributed by atoms with van der Waals surface area (Å²) in [4.78, 5) is 0. The fourth-order valence-electron chi connectivity index (χ4n) is 1.33. The molecule has 0 heterocycles. The van der Waals surface area contributed by atoms with E-state index in [1.807, 2.05) is 0 Å². The predicted octanol–water partition coefficient (Wildman–Crippen LogP) is 4.38. The maximum atomic E-state index is 12.3. The lowest BCUT2D eigenvalue weighted by Gasteiger charge is -2.16. The molecule has 0 aliphatic rings. The Morgan fingerprint density at radius 1 is 0.857 bits per heavy atom. The number of alkyl halides is 2. The summed E-state index contributed by atoms with van der Waals surface area (Å²) in [6.07, 6.45) is -2.36. The van der Waals surface area contributed by atoms with E-state index in [4.69, 9.17) is 0 Å². The summed E-state index contributed by atoms with van der Waals surface area (Å²) in [5.41, 5.74) is 1.23. The molecule has 0 aliphatic heterocycles. The van der Waals surface area contributed by atoms with Crippen LogP contribution in [0, 0.1) is 5.92 Å². The standard InChI is InChI=1S/C12H16F2/c1-8(2)9(3)10-4-6-11(7-5-10)12(13)14/h4-9,12H,1-3H3/t9-/m0/s1. The van der Waals surface area contributed by atoms with E-state index in [2.05, 4.69) is 20.8 Å². The van der Waals surface area contributed by atoms with Crippen molar-refractivity contribution in [3.63, 3.8) is 0 Å². The summed E-state index contributed by atoms with van der Waals surface area (Å²) in [6.45, 7) is 6.37. The third kappa shape index (κ3) is 2.53. The molecule has 0 aromatic heterocycles. The summed E-state index contributed by atoms with van der Waals surface area (Å²) in [6, 6.07) is 6.62. The van der Waals surface area contributed by atoms with Gasteiger partial charge in [-0.3, -0.25) is 0 Å². The first kappa shape index (κ1) is 11.2. The average Bonchev–Trinajstić information content (AvgIpc) is 2.16. The molecule has 14 heavy (non-hydrogen) atoms. The number of hydrogen-bond donors (Lipinski definition) is 0. The van der Waals surface area contributed by atoms with Crippen LogP contribution in [0.3, 0.4) is 0 Å². The molecular formula is C12H16F2. The van der Waals surface area contributed by atoms with E-state index in [1.165, 1.54) is 12.1 Å². The van der Waals surface area contributed by atoms with Gasteiger partial charge in [-0.2, -0.15) is 0 Å². The van der Waals surface area contributed by atoms with Crippen LogP contribution in [0.15, 0.2) is 24.3 Å². The quantitative estimate of drug-likeness (QED) is 0.676. The third-order valence-electron chi connectivity index (χ3n) is 2.71. The first-order valence-corrected chi connectivity index (χ1v) is 4.90. The maximum absolute atomic E-state index is 12.3. The van der Waals surface area contributed by atoms with Gasteiger partial charge in [0.1, 0.15) is 0 Å². The van der Waals surface area contributed by atoms with Gasteiger partial charge < -0.3 is 0 Å². The molecule has 1 aromatic rings. The molecule has 0 bridgehead atoms. The van der Waals surface area contributed by atoms with Crippen LogP contribution in [0.25, 0.3) is 0 Å². The highest BCUT2D eigenvalue weighted by Gasteiger charge is 2.11. The monoisotopic (exact) mass is 198 g/mol. The molecule has 0 saturated carbocycles. The number of halogens is 2. The van der Waals surface area contributed by atoms with Gasteiger partial charge in [0, 0.05) is 5.56 Å². The van der Waals surface area contributed by atoms with Crippen molar-refractivity contribution in [2.24, 2.45) is 5.92 Å². The van der Waals surface area contributed by atoms with Crippen LogP contribution in [0.5, 0.6) is 0 Å². The fraction of sp³-hybridized carbons (Fsp3) is 0.500. The molecule has 0 radical (unpaired) electrons. The molecule has 0 aliphatic carbocycles. The minimum atomic E-state index is -2.36. The second-order valence-electron chi connectivity index (χ2n) is 4.00. The topological polar surface area (TPSA) is 0 Å². The van der Waals surface area contributed by atoms with Crippen molar-refractivity contribution in [2.45, 2.75) is 33.1 Å². The maximum Gasteiger partial charge on any atom is 0.263 e. The molecule has 1 atom stereocenters. The molecule has 1 rings (SSSR count). The van der Waals surface area contributed by atoms with E-state index >= 15 is 0 Å². The van der Waals surface area contributed by atoms with Crippen molar-refractivity contribution in [3.8, 4) is 0 Å². The summed E-state index contributed by atoms with van der Waals surface area (Å²) in [5, 5.41) is 0. The highest BCUT2D eigenvalue weighted by molar-refractivity contribution is 5.25. The lowest BCUT2D eigenvalue weighted by molar-refractivity contribution is 0.151. The molecule has 1 aromatic carbocycles. The van der Waals surface area contributed by atoms with Gasteiger partial charge in [0.2, 0.25) is 0 Å². The molecule has 0 amide bonds. The lowest BCUT2D eigenvalue weighted by atomic mass is 9.90. The van der Waals surface area contributed by atoms with Crippen molar-refractivity contribution in [2.75, 3.05) is 0 Å². The lowest BCUT2D eigenvalue weighted by Crippen LogP contribution is -2.01. The van der Waals surface area contributed by atoms with Crippen LogP contribution in [-0.4, -0.2) is 0 Å². The Morgan fingerprint density at radius 3 is 1.64 bits per heavy atom. The van der Waals surface area contributed by atoms with E-state index < -0.39 is 6.43 Å². The van der Waals surface area contributed by atoms with Crippen molar-refractivity contribution in [1.29, 1.82) is 0 Å². The Balaban J connectivity index is 2.83. The highest BCUT2D eigenvalue weighted by Crippen LogP contribution is 2.26. The van der Waals surface area contributed by atoms with Gasteiger partial charge in [0.25, 0.3) is 6.43 Å². The molecule has 0 spiro atoms. The SMILES string of the molecule is CC(C)[C@H](C)c1ccc(C(F)F)cc1. The van der Waals surface area contributed by atoms with Gasteiger partial charge in [0.05, 0.1) is 0 Å². The minimum absolute atomic E-state index is 0.102. The van der Waals surface area contributed by atoms with Gasteiger partial charge in [0.15, 0.2) is 0 Å². The van der Waals surface area contributed by atoms with Gasteiger partial charge in [-0.1, -0.05) is 45.0 Å². The molecule has 2 heteroatoms. The van der Waals surface area contributed by atoms with Crippen LogP contribution in [-0.2, 0) is 0 Å². The molecule has 0 fully saturated rings. The minimum Gasteiger partial charge on any atom is -0.205 e. The molecule has 0 unspecified atom stereocenters. The molecular weight excluding hydrogens is 182 g/mol. The predicted molar refractivity (Wildman–Crippen MR) is 54.7 cm³/mol. The number of benzene rings is 1. The van der Waals surface area contributed by atoms with E-state index in [9.17, 15) is 8.78 Å². The Hall–Kier alpha value is -0.920. The Bertz CT molecular complexity index is 275. The molecule has 0 saturated heterocycles. The Labute approximate surface area is 84.0 Å². The van der Waals surface area contributed by atoms with Crippen LogP contribution < -0.4 is 0 Å². The Kier molecular flexibility index (Phi) is 3.62. The number of hydrogen-bond acceptors (Lipinski definition) is 0. The molecule has 0 nitrogen and oxygen atoms in total. The average molecular weight is 198 g/mol. The first-order valence-electron chi connectivity index (χ1n) is 4.90. The van der Waals surface area contributed by atoms with Gasteiger partial charge in [-0.15, -0.1) is 0 Å². The zero-order valence-electron chi connectivity index (χ0n) is 8.80. The molecule has 78 valence electrons. The van der Waals surface area contributed by atoms with Crippen molar-refractivity contribution >= 4 is 0 Å². The zero-order chi connectivity index (χ0) is 10.7. The van der Waals surface area contributed by atoms with Gasteiger partial charge in [-0.05, 0) is 17.4 Å². The van der Waals surface area contributed by atoms with Crippen LogP contribution in [0.1, 0.15) is 44.2 Å². The van der Waals surface area contributed by atoms with Crippen LogP contribution in [0.2, 0.25) is 0 Å².